The second-order valence-corrected chi connectivity index (χ2v) is 4.13. The molecule has 0 saturated heterocycles. The summed E-state index contributed by atoms with van der Waals surface area (Å²) in [4.78, 5) is 13.6. The van der Waals surface area contributed by atoms with Crippen LogP contribution in [0.2, 0.25) is 0 Å². The quantitative estimate of drug-likeness (QED) is 0.785. The molecule has 1 amide bonds. The number of rotatable bonds is 5. The third kappa shape index (κ3) is 2.96. The number of amides is 1. The number of nitrogens with zero attached hydrogens (tertiary/aromatic N) is 1. The van der Waals surface area contributed by atoms with Crippen LogP contribution in [-0.4, -0.2) is 30.0 Å². The van der Waals surface area contributed by atoms with Crippen molar-refractivity contribution in [3.8, 4) is 5.75 Å². The van der Waals surface area contributed by atoms with Gasteiger partial charge >= 0.3 is 0 Å². The highest BCUT2D eigenvalue weighted by molar-refractivity contribution is 5.78. The van der Waals surface area contributed by atoms with Crippen molar-refractivity contribution in [3.05, 3.63) is 30.1 Å². The van der Waals surface area contributed by atoms with Gasteiger partial charge in [-0.25, -0.2) is 4.39 Å². The highest BCUT2D eigenvalue weighted by Gasteiger charge is 2.31. The zero-order valence-electron chi connectivity index (χ0n) is 9.86. The number of likely N-dealkylation sites (N-methyl/N-ethyl adjacent to an activating group) is 1. The second kappa shape index (κ2) is 5.17. The molecule has 1 fully saturated rings. The van der Waals surface area contributed by atoms with Gasteiger partial charge in [0, 0.05) is 12.6 Å². The Morgan fingerprint density at radius 2 is 2.18 bits per heavy atom. The molecule has 3 nitrogen and oxygen atoms in total. The largest absolute Gasteiger partial charge is 0.481 e. The van der Waals surface area contributed by atoms with Gasteiger partial charge in [-0.05, 0) is 31.9 Å². The van der Waals surface area contributed by atoms with Crippen LogP contribution < -0.4 is 4.74 Å². The van der Waals surface area contributed by atoms with Crippen LogP contribution in [0.1, 0.15) is 19.8 Å². The summed E-state index contributed by atoms with van der Waals surface area (Å²) in [6, 6.07) is 6.49. The predicted molar refractivity (Wildman–Crippen MR) is 62.3 cm³/mol. The highest BCUT2D eigenvalue weighted by atomic mass is 19.1. The fourth-order valence-electron chi connectivity index (χ4n) is 1.81. The Balaban J connectivity index is 1.89. The first-order chi connectivity index (χ1) is 8.22. The number of ether oxygens (including phenoxy) is 1. The Labute approximate surface area is 100 Å². The third-order valence-electron chi connectivity index (χ3n) is 2.84. The van der Waals surface area contributed by atoms with E-state index in [1.165, 1.54) is 12.1 Å². The van der Waals surface area contributed by atoms with Crippen LogP contribution >= 0.6 is 0 Å². The van der Waals surface area contributed by atoms with Gasteiger partial charge in [0.2, 0.25) is 0 Å². The lowest BCUT2D eigenvalue weighted by atomic mass is 10.3. The summed E-state index contributed by atoms with van der Waals surface area (Å²) >= 11 is 0. The van der Waals surface area contributed by atoms with E-state index in [1.807, 2.05) is 6.92 Å². The number of carbonyl (C=O) groups excluding carboxylic acids is 1. The standard InChI is InChI=1S/C13H16FNO2/c1-2-15(10-7-8-10)13(16)9-17-12-6-4-3-5-11(12)14/h3-6,10H,2,7-9H2,1H3. The highest BCUT2D eigenvalue weighted by Crippen LogP contribution is 2.26. The first-order valence-corrected chi connectivity index (χ1v) is 5.89. The van der Waals surface area contributed by atoms with Crippen molar-refractivity contribution >= 4 is 5.91 Å². The molecule has 1 aromatic rings. The number of para-hydroxylation sites is 1. The van der Waals surface area contributed by atoms with Crippen molar-refractivity contribution in [2.45, 2.75) is 25.8 Å². The number of halogens is 1. The lowest BCUT2D eigenvalue weighted by Crippen LogP contribution is -2.36. The maximum absolute atomic E-state index is 13.2. The molecule has 0 heterocycles. The molecule has 0 unspecified atom stereocenters. The maximum atomic E-state index is 13.2. The summed E-state index contributed by atoms with van der Waals surface area (Å²) < 4.78 is 18.4. The first-order valence-electron chi connectivity index (χ1n) is 5.89. The smallest absolute Gasteiger partial charge is 0.260 e. The van der Waals surface area contributed by atoms with E-state index < -0.39 is 5.82 Å². The van der Waals surface area contributed by atoms with E-state index in [0.717, 1.165) is 12.8 Å². The van der Waals surface area contributed by atoms with Gasteiger partial charge in [0.1, 0.15) is 0 Å². The first kappa shape index (κ1) is 11.9. The minimum atomic E-state index is -0.435. The Bertz CT molecular complexity index is 404. The molecule has 0 spiro atoms. The van der Waals surface area contributed by atoms with Gasteiger partial charge in [0.25, 0.3) is 5.91 Å². The molecule has 0 N–H and O–H groups in total. The molecule has 17 heavy (non-hydrogen) atoms. The molecule has 92 valence electrons. The van der Waals surface area contributed by atoms with Crippen LogP contribution in [0.15, 0.2) is 24.3 Å². The minimum absolute atomic E-state index is 0.0711. The lowest BCUT2D eigenvalue weighted by Gasteiger charge is -2.20. The van der Waals surface area contributed by atoms with Crippen molar-refractivity contribution in [1.29, 1.82) is 0 Å². The van der Waals surface area contributed by atoms with Crippen molar-refractivity contribution < 1.29 is 13.9 Å². The maximum Gasteiger partial charge on any atom is 0.260 e. The number of carbonyl (C=O) groups is 1. The van der Waals surface area contributed by atoms with Gasteiger partial charge in [-0.3, -0.25) is 4.79 Å². The van der Waals surface area contributed by atoms with Gasteiger partial charge in [0.15, 0.2) is 18.2 Å². The van der Waals surface area contributed by atoms with Gasteiger partial charge in [-0.15, -0.1) is 0 Å². The number of hydrogen-bond donors (Lipinski definition) is 0. The summed E-state index contributed by atoms with van der Waals surface area (Å²) in [6.45, 7) is 2.54. The lowest BCUT2D eigenvalue weighted by molar-refractivity contribution is -0.133. The van der Waals surface area contributed by atoms with Gasteiger partial charge in [-0.1, -0.05) is 12.1 Å². The van der Waals surface area contributed by atoms with Crippen molar-refractivity contribution in [1.82, 2.24) is 4.90 Å². The molecular formula is C13H16FNO2. The van der Waals surface area contributed by atoms with Crippen LogP contribution in [0.5, 0.6) is 5.75 Å². The third-order valence-corrected chi connectivity index (χ3v) is 2.84. The van der Waals surface area contributed by atoms with E-state index in [0.29, 0.717) is 12.6 Å². The summed E-state index contributed by atoms with van der Waals surface area (Å²) in [7, 11) is 0. The average molecular weight is 237 g/mol. The molecule has 0 aromatic heterocycles. The Morgan fingerprint density at radius 1 is 1.47 bits per heavy atom. The van der Waals surface area contributed by atoms with Crippen LogP contribution in [0.4, 0.5) is 4.39 Å². The molecule has 0 bridgehead atoms. The van der Waals surface area contributed by atoms with E-state index >= 15 is 0 Å². The Hall–Kier alpha value is -1.58. The zero-order chi connectivity index (χ0) is 12.3. The molecule has 4 heteroatoms. The van der Waals surface area contributed by atoms with Gasteiger partial charge in [0.05, 0.1) is 0 Å². The average Bonchev–Trinajstić information content (AvgIpc) is 3.13. The molecule has 1 aliphatic rings. The molecule has 2 rings (SSSR count). The monoisotopic (exact) mass is 237 g/mol. The molecule has 0 atom stereocenters. The van der Waals surface area contributed by atoms with E-state index in [9.17, 15) is 9.18 Å². The van der Waals surface area contributed by atoms with E-state index in [4.69, 9.17) is 4.74 Å². The van der Waals surface area contributed by atoms with E-state index in [2.05, 4.69) is 0 Å². The Kier molecular flexibility index (Phi) is 3.61. The molecule has 0 radical (unpaired) electrons. The predicted octanol–water partition coefficient (Wildman–Crippen LogP) is 2.22. The van der Waals surface area contributed by atoms with E-state index in [-0.39, 0.29) is 18.3 Å². The van der Waals surface area contributed by atoms with E-state index in [1.54, 1.807) is 17.0 Å². The fourth-order valence-corrected chi connectivity index (χ4v) is 1.81. The van der Waals surface area contributed by atoms with Gasteiger partial charge < -0.3 is 9.64 Å². The fraction of sp³-hybridized carbons (Fsp3) is 0.462. The van der Waals surface area contributed by atoms with Crippen molar-refractivity contribution in [2.24, 2.45) is 0 Å². The van der Waals surface area contributed by atoms with Crippen LogP contribution in [0.3, 0.4) is 0 Å². The van der Waals surface area contributed by atoms with Crippen LogP contribution in [0.25, 0.3) is 0 Å². The molecule has 0 aliphatic heterocycles. The van der Waals surface area contributed by atoms with Gasteiger partial charge in [-0.2, -0.15) is 0 Å². The molecular weight excluding hydrogens is 221 g/mol. The van der Waals surface area contributed by atoms with Crippen LogP contribution in [-0.2, 0) is 4.79 Å². The molecule has 1 aliphatic carbocycles. The Morgan fingerprint density at radius 3 is 2.76 bits per heavy atom. The number of benzene rings is 1. The summed E-state index contributed by atoms with van der Waals surface area (Å²) in [5.41, 5.74) is 0. The normalized spacial score (nSPS) is 14.5. The minimum Gasteiger partial charge on any atom is -0.481 e. The zero-order valence-corrected chi connectivity index (χ0v) is 9.86. The second-order valence-electron chi connectivity index (χ2n) is 4.13. The summed E-state index contributed by atoms with van der Waals surface area (Å²) in [5.74, 6) is -0.374. The molecule has 1 aromatic carbocycles. The summed E-state index contributed by atoms with van der Waals surface area (Å²) in [6.07, 6.45) is 2.14. The topological polar surface area (TPSA) is 29.5 Å². The summed E-state index contributed by atoms with van der Waals surface area (Å²) in [5, 5.41) is 0. The molecule has 1 saturated carbocycles. The number of hydrogen-bond acceptors (Lipinski definition) is 2. The van der Waals surface area contributed by atoms with Crippen LogP contribution in [0, 0.1) is 5.82 Å². The van der Waals surface area contributed by atoms with Crippen molar-refractivity contribution in [2.75, 3.05) is 13.2 Å². The van der Waals surface area contributed by atoms with Crippen molar-refractivity contribution in [3.63, 3.8) is 0 Å². The SMILES string of the molecule is CCN(C(=O)COc1ccccc1F)C1CC1.